The first-order valence-corrected chi connectivity index (χ1v) is 9.37. The minimum absolute atomic E-state index is 0.0926. The lowest BCUT2D eigenvalue weighted by molar-refractivity contribution is -0.115. The van der Waals surface area contributed by atoms with Crippen molar-refractivity contribution in [1.29, 1.82) is 0 Å². The molecule has 1 amide bonds. The minimum atomic E-state index is -0.456. The minimum Gasteiger partial charge on any atom is -0.493 e. The van der Waals surface area contributed by atoms with Crippen LogP contribution in [-0.4, -0.2) is 35.8 Å². The van der Waals surface area contributed by atoms with Crippen LogP contribution < -0.4 is 14.8 Å². The molecule has 1 aliphatic heterocycles. The van der Waals surface area contributed by atoms with Gasteiger partial charge in [0.2, 0.25) is 5.91 Å². The highest BCUT2D eigenvalue weighted by molar-refractivity contribution is 6.19. The van der Waals surface area contributed by atoms with E-state index in [2.05, 4.69) is 15.3 Å². The topological polar surface area (TPSA) is 88.6 Å². The number of benzene rings is 2. The number of hydrogen-bond donors (Lipinski definition) is 2. The lowest BCUT2D eigenvalue weighted by atomic mass is 9.93. The molecule has 0 saturated heterocycles. The molecule has 0 bridgehead atoms. The number of nitrogens with zero attached hydrogens (tertiary/aromatic N) is 2. The molecule has 1 aromatic heterocycles. The van der Waals surface area contributed by atoms with E-state index in [1.54, 1.807) is 32.8 Å². The number of amides is 1. The number of imidazole rings is 1. The molecule has 0 radical (unpaired) electrons. The molecule has 1 atom stereocenters. The second-order valence-corrected chi connectivity index (χ2v) is 6.69. The lowest BCUT2D eigenvalue weighted by Gasteiger charge is -2.14. The molecule has 2 aromatic carbocycles. The van der Waals surface area contributed by atoms with E-state index < -0.39 is 5.92 Å². The molecule has 0 spiro atoms. The average molecular weight is 390 g/mol. The number of nitrogens with one attached hydrogen (secondary N) is 2. The second kappa shape index (κ2) is 7.79. The summed E-state index contributed by atoms with van der Waals surface area (Å²) in [7, 11) is 3.16. The summed E-state index contributed by atoms with van der Waals surface area (Å²) in [6, 6.07) is 11.5. The molecule has 2 heterocycles. The quantitative estimate of drug-likeness (QED) is 0.614. The summed E-state index contributed by atoms with van der Waals surface area (Å²) < 4.78 is 10.8. The van der Waals surface area contributed by atoms with Crippen LogP contribution in [0.3, 0.4) is 0 Å². The van der Waals surface area contributed by atoms with Crippen LogP contribution in [0.1, 0.15) is 24.8 Å². The fourth-order valence-corrected chi connectivity index (χ4v) is 3.56. The summed E-state index contributed by atoms with van der Waals surface area (Å²) in [6.07, 6.45) is 4.07. The molecule has 7 nitrogen and oxygen atoms in total. The van der Waals surface area contributed by atoms with Gasteiger partial charge in [-0.3, -0.25) is 9.79 Å². The Hall–Kier alpha value is -3.61. The Labute approximate surface area is 168 Å². The second-order valence-electron chi connectivity index (χ2n) is 6.69. The third-order valence-electron chi connectivity index (χ3n) is 5.03. The number of H-pyrrole nitrogens is 1. The largest absolute Gasteiger partial charge is 0.493 e. The Kier molecular flexibility index (Phi) is 5.03. The summed E-state index contributed by atoms with van der Waals surface area (Å²) in [6.45, 7) is 2.00. The number of aromatic amines is 1. The van der Waals surface area contributed by atoms with Crippen molar-refractivity contribution in [3.8, 4) is 22.8 Å². The van der Waals surface area contributed by atoms with E-state index in [4.69, 9.17) is 14.5 Å². The standard InChI is InChI=1S/C22H22N4O3/c1-4-16(25-14-7-5-13(6-8-14)18-11-23-12-24-18)21-15-9-19(28-2)20(29-3)10-17(15)26-22(21)27/h5-12,21H,4H2,1-3H3,(H,23,24)(H,26,27). The fourth-order valence-electron chi connectivity index (χ4n) is 3.56. The highest BCUT2D eigenvalue weighted by Gasteiger charge is 2.35. The fraction of sp³-hybridized carbons (Fsp3) is 0.227. The Bertz CT molecular complexity index is 1060. The van der Waals surface area contributed by atoms with E-state index >= 15 is 0 Å². The predicted octanol–water partition coefficient (Wildman–Crippen LogP) is 4.31. The molecule has 0 aliphatic carbocycles. The van der Waals surface area contributed by atoms with Crippen molar-refractivity contribution in [2.75, 3.05) is 19.5 Å². The number of carbonyl (C=O) groups excluding carboxylic acids is 1. The number of rotatable bonds is 6. The van der Waals surface area contributed by atoms with Gasteiger partial charge in [0, 0.05) is 17.5 Å². The van der Waals surface area contributed by atoms with E-state index in [0.29, 0.717) is 17.9 Å². The first-order chi connectivity index (χ1) is 14.1. The number of fused-ring (bicyclic) bond motifs is 1. The van der Waals surface area contributed by atoms with E-state index in [1.165, 1.54) is 0 Å². The van der Waals surface area contributed by atoms with Gasteiger partial charge in [0.15, 0.2) is 11.5 Å². The maximum Gasteiger partial charge on any atom is 0.237 e. The third-order valence-corrected chi connectivity index (χ3v) is 5.03. The number of hydrogen-bond acceptors (Lipinski definition) is 5. The van der Waals surface area contributed by atoms with E-state index in [9.17, 15) is 4.79 Å². The van der Waals surface area contributed by atoms with Gasteiger partial charge >= 0.3 is 0 Å². The zero-order valence-corrected chi connectivity index (χ0v) is 16.5. The molecule has 4 rings (SSSR count). The van der Waals surface area contributed by atoms with Crippen LogP contribution in [0, 0.1) is 0 Å². The smallest absolute Gasteiger partial charge is 0.237 e. The van der Waals surface area contributed by atoms with Gasteiger partial charge in [0.1, 0.15) is 5.92 Å². The van der Waals surface area contributed by atoms with Crippen molar-refractivity contribution in [2.24, 2.45) is 4.99 Å². The molecule has 1 unspecified atom stereocenters. The van der Waals surface area contributed by atoms with Crippen LogP contribution in [0.15, 0.2) is 53.9 Å². The average Bonchev–Trinajstić information content (AvgIpc) is 3.39. The van der Waals surface area contributed by atoms with Crippen LogP contribution >= 0.6 is 0 Å². The summed E-state index contributed by atoms with van der Waals surface area (Å²) in [5.41, 5.74) is 5.15. The molecular weight excluding hydrogens is 368 g/mol. The molecule has 1 aliphatic rings. The number of carbonyl (C=O) groups is 1. The van der Waals surface area contributed by atoms with E-state index in [0.717, 1.165) is 33.9 Å². The van der Waals surface area contributed by atoms with Crippen molar-refractivity contribution in [3.63, 3.8) is 0 Å². The highest BCUT2D eigenvalue weighted by atomic mass is 16.5. The predicted molar refractivity (Wildman–Crippen MR) is 112 cm³/mol. The highest BCUT2D eigenvalue weighted by Crippen LogP contribution is 2.42. The molecular formula is C22H22N4O3. The van der Waals surface area contributed by atoms with Gasteiger partial charge in [-0.2, -0.15) is 0 Å². The number of ether oxygens (including phenoxy) is 2. The Morgan fingerprint density at radius 3 is 2.48 bits per heavy atom. The van der Waals surface area contributed by atoms with Crippen LogP contribution in [-0.2, 0) is 4.79 Å². The Balaban J connectivity index is 1.69. The first-order valence-electron chi connectivity index (χ1n) is 9.37. The molecule has 3 aromatic rings. The summed E-state index contributed by atoms with van der Waals surface area (Å²) >= 11 is 0. The molecule has 148 valence electrons. The van der Waals surface area contributed by atoms with Gasteiger partial charge in [-0.25, -0.2) is 4.98 Å². The van der Waals surface area contributed by atoms with Gasteiger partial charge in [-0.15, -0.1) is 0 Å². The number of aliphatic imine (C=N–C) groups is 1. The summed E-state index contributed by atoms with van der Waals surface area (Å²) in [5, 5.41) is 2.94. The molecule has 29 heavy (non-hydrogen) atoms. The van der Waals surface area contributed by atoms with E-state index in [1.807, 2.05) is 37.3 Å². The third kappa shape index (κ3) is 3.47. The van der Waals surface area contributed by atoms with Crippen LogP contribution in [0.25, 0.3) is 11.3 Å². The first kappa shape index (κ1) is 18.7. The van der Waals surface area contributed by atoms with Crippen molar-refractivity contribution < 1.29 is 14.3 Å². The zero-order chi connectivity index (χ0) is 20.4. The maximum absolute atomic E-state index is 12.7. The van der Waals surface area contributed by atoms with Crippen molar-refractivity contribution in [1.82, 2.24) is 9.97 Å². The zero-order valence-electron chi connectivity index (χ0n) is 16.5. The monoisotopic (exact) mass is 390 g/mol. The van der Waals surface area contributed by atoms with Gasteiger partial charge in [-0.1, -0.05) is 19.1 Å². The molecule has 0 fully saturated rings. The summed E-state index contributed by atoms with van der Waals surface area (Å²) in [4.78, 5) is 24.7. The van der Waals surface area contributed by atoms with Gasteiger partial charge in [0.25, 0.3) is 0 Å². The van der Waals surface area contributed by atoms with Crippen LogP contribution in [0.5, 0.6) is 11.5 Å². The normalized spacial score (nSPS) is 15.8. The van der Waals surface area contributed by atoms with Crippen LogP contribution in [0.4, 0.5) is 11.4 Å². The number of aromatic nitrogens is 2. The van der Waals surface area contributed by atoms with Crippen molar-refractivity contribution in [3.05, 3.63) is 54.5 Å². The molecule has 2 N–H and O–H groups in total. The summed E-state index contributed by atoms with van der Waals surface area (Å²) in [5.74, 6) is 0.621. The van der Waals surface area contributed by atoms with Gasteiger partial charge in [0.05, 0.1) is 38.1 Å². The lowest BCUT2D eigenvalue weighted by Crippen LogP contribution is -2.20. The molecule has 0 saturated carbocycles. The number of methoxy groups -OCH3 is 2. The van der Waals surface area contributed by atoms with Gasteiger partial charge < -0.3 is 19.8 Å². The maximum atomic E-state index is 12.7. The van der Waals surface area contributed by atoms with E-state index in [-0.39, 0.29) is 5.91 Å². The van der Waals surface area contributed by atoms with Crippen molar-refractivity contribution >= 4 is 23.0 Å². The Morgan fingerprint density at radius 2 is 1.86 bits per heavy atom. The van der Waals surface area contributed by atoms with Crippen LogP contribution in [0.2, 0.25) is 0 Å². The molecule has 7 heteroatoms. The van der Waals surface area contributed by atoms with Crippen molar-refractivity contribution in [2.45, 2.75) is 19.3 Å². The number of anilines is 1. The SMILES string of the molecule is CCC(=Nc1ccc(-c2cnc[nH]2)cc1)C1C(=O)Nc2cc(OC)c(OC)cc21. The Morgan fingerprint density at radius 1 is 1.14 bits per heavy atom. The van der Waals surface area contributed by atoms with Gasteiger partial charge in [-0.05, 0) is 35.7 Å².